The summed E-state index contributed by atoms with van der Waals surface area (Å²) < 4.78 is 21.6. The maximum Gasteiger partial charge on any atom is 0.263 e. The average Bonchev–Trinajstić information content (AvgIpc) is 3.17. The number of nitrogens with two attached hydrogens (primary N) is 1. The highest BCUT2D eigenvalue weighted by Crippen LogP contribution is 2.09. The zero-order chi connectivity index (χ0) is 20.4. The van der Waals surface area contributed by atoms with Gasteiger partial charge in [-0.2, -0.15) is 0 Å². The fourth-order valence-electron chi connectivity index (χ4n) is 1.72. The van der Waals surface area contributed by atoms with E-state index < -0.39 is 23.7 Å². The number of amides is 2. The Balaban J connectivity index is 0. The summed E-state index contributed by atoms with van der Waals surface area (Å²) in [6.07, 6.45) is 7.11. The van der Waals surface area contributed by atoms with Gasteiger partial charge in [0.2, 0.25) is 6.10 Å². The lowest BCUT2D eigenvalue weighted by atomic mass is 10.2. The first-order valence-electron chi connectivity index (χ1n) is 7.68. The van der Waals surface area contributed by atoms with E-state index in [1.807, 2.05) is 6.79 Å². The molecule has 0 spiro atoms. The Morgan fingerprint density at radius 3 is 2.08 bits per heavy atom. The third-order valence-electron chi connectivity index (χ3n) is 2.73. The van der Waals surface area contributed by atoms with E-state index in [4.69, 9.17) is 10.5 Å². The van der Waals surface area contributed by atoms with E-state index in [2.05, 4.69) is 26.9 Å². The number of hydrogen-bond acceptors (Lipinski definition) is 5. The van der Waals surface area contributed by atoms with Gasteiger partial charge in [0.1, 0.15) is 12.6 Å². The molecule has 0 fully saturated rings. The second-order valence-corrected chi connectivity index (χ2v) is 4.83. The van der Waals surface area contributed by atoms with Gasteiger partial charge in [0.15, 0.2) is 0 Å². The van der Waals surface area contributed by atoms with Crippen LogP contribution >= 0.6 is 0 Å². The zero-order valence-corrected chi connectivity index (χ0v) is 15.4. The number of hydrogen-bond donors (Lipinski definition) is 2. The summed E-state index contributed by atoms with van der Waals surface area (Å²) in [5.41, 5.74) is 5.16. The van der Waals surface area contributed by atoms with Crippen molar-refractivity contribution in [3.05, 3.63) is 42.2 Å². The number of primary amides is 1. The second-order valence-electron chi connectivity index (χ2n) is 4.83. The minimum atomic E-state index is -1.39. The lowest BCUT2D eigenvalue weighted by Crippen LogP contribution is -2.40. The molecule has 0 aromatic heterocycles. The number of methoxy groups -OCH3 is 2. The van der Waals surface area contributed by atoms with Gasteiger partial charge in [0.25, 0.3) is 11.8 Å². The second kappa shape index (κ2) is 17.2. The first kappa shape index (κ1) is 25.7. The molecule has 0 saturated heterocycles. The van der Waals surface area contributed by atoms with Gasteiger partial charge in [-0.15, -0.1) is 0 Å². The highest BCUT2D eigenvalue weighted by Gasteiger charge is 2.23. The van der Waals surface area contributed by atoms with Crippen molar-refractivity contribution in [3.8, 4) is 0 Å². The largest absolute Gasteiger partial charge is 0.388 e. The van der Waals surface area contributed by atoms with Gasteiger partial charge in [0.05, 0.1) is 0 Å². The lowest BCUT2D eigenvalue weighted by Gasteiger charge is -2.11. The van der Waals surface area contributed by atoms with Crippen molar-refractivity contribution in [2.45, 2.75) is 25.4 Å². The molecule has 0 bridgehead atoms. The van der Waals surface area contributed by atoms with Gasteiger partial charge >= 0.3 is 0 Å². The van der Waals surface area contributed by atoms with Crippen molar-refractivity contribution in [1.82, 2.24) is 0 Å². The third-order valence-corrected chi connectivity index (χ3v) is 2.73. The Hall–Kier alpha value is -2.58. The Morgan fingerprint density at radius 1 is 1.19 bits per heavy atom. The standard InChI is InChI=1S/C10H11FN2O3.C5H8.C2H6O.CH2O/c1-16-8(9(12)14)10(15)13-7-4-2-3-6(11)5-7;1-2-4-5-3-1;1-3-2;1-2/h2-5,8H,1H3,(H2,12,14)(H,13,15);1-2H,3-5H2;1-2H3;1H2. The molecule has 8 heteroatoms. The van der Waals surface area contributed by atoms with E-state index in [-0.39, 0.29) is 5.69 Å². The molecular weight excluding hydrogens is 343 g/mol. The van der Waals surface area contributed by atoms with Crippen LogP contribution in [0.4, 0.5) is 10.1 Å². The predicted octanol–water partition coefficient (Wildman–Crippen LogP) is 2.07. The summed E-state index contributed by atoms with van der Waals surface area (Å²) in [5, 5.41) is 2.31. The van der Waals surface area contributed by atoms with Crippen LogP contribution in [-0.2, 0) is 23.9 Å². The Bertz CT molecular complexity index is 546. The number of carbonyl (C=O) groups excluding carboxylic acids is 3. The number of allylic oxidation sites excluding steroid dienone is 2. The SMILES string of the molecule is C1=CCCC1.C=O.COC.COC(C(N)=O)C(=O)Nc1cccc(F)c1. The van der Waals surface area contributed by atoms with Crippen LogP contribution in [-0.4, -0.2) is 46.0 Å². The number of rotatable bonds is 4. The highest BCUT2D eigenvalue weighted by atomic mass is 19.1. The van der Waals surface area contributed by atoms with E-state index in [1.54, 1.807) is 14.2 Å². The molecule has 26 heavy (non-hydrogen) atoms. The molecule has 0 aliphatic heterocycles. The number of benzene rings is 1. The van der Waals surface area contributed by atoms with Gasteiger partial charge < -0.3 is 25.3 Å². The highest BCUT2D eigenvalue weighted by molar-refractivity contribution is 6.08. The molecule has 1 aliphatic rings. The first-order chi connectivity index (χ1) is 12.5. The average molecular weight is 370 g/mol. The molecule has 0 radical (unpaired) electrons. The van der Waals surface area contributed by atoms with Crippen molar-refractivity contribution in [2.75, 3.05) is 26.6 Å². The van der Waals surface area contributed by atoms with E-state index in [0.717, 1.165) is 6.07 Å². The van der Waals surface area contributed by atoms with Gasteiger partial charge in [-0.25, -0.2) is 4.39 Å². The van der Waals surface area contributed by atoms with Crippen molar-refractivity contribution in [1.29, 1.82) is 0 Å². The van der Waals surface area contributed by atoms with Crippen LogP contribution in [0.3, 0.4) is 0 Å². The fraction of sp³-hybridized carbons (Fsp3) is 0.389. The molecule has 1 unspecified atom stereocenters. The summed E-state index contributed by atoms with van der Waals surface area (Å²) in [4.78, 5) is 30.2. The Kier molecular flexibility index (Phi) is 17.0. The van der Waals surface area contributed by atoms with Crippen LogP contribution in [0.2, 0.25) is 0 Å². The van der Waals surface area contributed by atoms with Crippen LogP contribution in [0.15, 0.2) is 36.4 Å². The maximum atomic E-state index is 12.8. The van der Waals surface area contributed by atoms with Crippen LogP contribution in [0.1, 0.15) is 19.3 Å². The molecule has 0 saturated carbocycles. The minimum Gasteiger partial charge on any atom is -0.388 e. The number of anilines is 1. The summed E-state index contributed by atoms with van der Waals surface area (Å²) in [6.45, 7) is 2.00. The maximum absolute atomic E-state index is 12.8. The number of nitrogens with one attached hydrogen (secondary N) is 1. The fourth-order valence-corrected chi connectivity index (χ4v) is 1.72. The monoisotopic (exact) mass is 370 g/mol. The van der Waals surface area contributed by atoms with Crippen molar-refractivity contribution in [2.24, 2.45) is 5.73 Å². The van der Waals surface area contributed by atoms with Crippen LogP contribution in [0.5, 0.6) is 0 Å². The Morgan fingerprint density at radius 2 is 1.73 bits per heavy atom. The van der Waals surface area contributed by atoms with Crippen LogP contribution in [0, 0.1) is 5.82 Å². The summed E-state index contributed by atoms with van der Waals surface area (Å²) >= 11 is 0. The van der Waals surface area contributed by atoms with Crippen LogP contribution < -0.4 is 11.1 Å². The summed E-state index contributed by atoms with van der Waals surface area (Å²) in [7, 11) is 4.43. The van der Waals surface area contributed by atoms with E-state index in [9.17, 15) is 14.0 Å². The molecule has 1 aliphatic carbocycles. The number of carbonyl (C=O) groups is 3. The molecule has 3 N–H and O–H groups in total. The molecule has 2 amide bonds. The zero-order valence-electron chi connectivity index (χ0n) is 15.4. The molecule has 0 heterocycles. The third kappa shape index (κ3) is 12.8. The normalized spacial score (nSPS) is 12.2. The molecule has 1 atom stereocenters. The first-order valence-corrected chi connectivity index (χ1v) is 7.68. The topological polar surface area (TPSA) is 108 Å². The van der Waals surface area contributed by atoms with E-state index in [1.165, 1.54) is 44.6 Å². The number of halogens is 1. The molecule has 1 aromatic carbocycles. The molecule has 2 rings (SSSR count). The molecular formula is C18H27FN2O5. The van der Waals surface area contributed by atoms with Crippen LogP contribution in [0.25, 0.3) is 0 Å². The van der Waals surface area contributed by atoms with Gasteiger partial charge in [0, 0.05) is 27.0 Å². The summed E-state index contributed by atoms with van der Waals surface area (Å²) in [6, 6.07) is 5.26. The molecule has 1 aromatic rings. The lowest BCUT2D eigenvalue weighted by molar-refractivity contribution is -0.138. The van der Waals surface area contributed by atoms with E-state index in [0.29, 0.717) is 0 Å². The minimum absolute atomic E-state index is 0.230. The smallest absolute Gasteiger partial charge is 0.263 e. The molecule has 146 valence electrons. The quantitative estimate of drug-likeness (QED) is 0.623. The van der Waals surface area contributed by atoms with Gasteiger partial charge in [-0.1, -0.05) is 18.2 Å². The van der Waals surface area contributed by atoms with Crippen molar-refractivity contribution < 1.29 is 28.2 Å². The summed E-state index contributed by atoms with van der Waals surface area (Å²) in [5.74, 6) is -2.14. The Labute approximate surface area is 153 Å². The predicted molar refractivity (Wildman–Crippen MR) is 98.1 cm³/mol. The molecule has 7 nitrogen and oxygen atoms in total. The van der Waals surface area contributed by atoms with Crippen molar-refractivity contribution >= 4 is 24.3 Å². The van der Waals surface area contributed by atoms with Gasteiger partial charge in [-0.3, -0.25) is 9.59 Å². The van der Waals surface area contributed by atoms with Gasteiger partial charge in [-0.05, 0) is 37.5 Å². The van der Waals surface area contributed by atoms with E-state index >= 15 is 0 Å². The van der Waals surface area contributed by atoms with Crippen molar-refractivity contribution in [3.63, 3.8) is 0 Å². The number of ether oxygens (including phenoxy) is 2.